The van der Waals surface area contributed by atoms with Gasteiger partial charge in [0, 0.05) is 23.5 Å². The second-order valence-electron chi connectivity index (χ2n) is 7.68. The highest BCUT2D eigenvalue weighted by molar-refractivity contribution is 6.13. The topological polar surface area (TPSA) is 108 Å². The third-order valence-electron chi connectivity index (χ3n) is 5.75. The van der Waals surface area contributed by atoms with E-state index in [-0.39, 0.29) is 11.3 Å². The van der Waals surface area contributed by atoms with E-state index in [1.807, 2.05) is 18.3 Å². The molecule has 5 rings (SSSR count). The van der Waals surface area contributed by atoms with Crippen LogP contribution in [0.4, 0.5) is 0 Å². The predicted octanol–water partition coefficient (Wildman–Crippen LogP) is 4.34. The molecule has 2 aromatic heterocycles. The number of phenols is 1. The Labute approximate surface area is 178 Å². The summed E-state index contributed by atoms with van der Waals surface area (Å²) in [6, 6.07) is 15.3. The largest absolute Gasteiger partial charge is 0.508 e. The van der Waals surface area contributed by atoms with Crippen LogP contribution in [0.3, 0.4) is 0 Å². The van der Waals surface area contributed by atoms with E-state index in [2.05, 4.69) is 39.4 Å². The fourth-order valence-corrected chi connectivity index (χ4v) is 4.21. The molecule has 0 saturated carbocycles. The van der Waals surface area contributed by atoms with E-state index in [1.165, 1.54) is 0 Å². The van der Waals surface area contributed by atoms with E-state index in [4.69, 9.17) is 5.73 Å². The highest BCUT2D eigenvalue weighted by Gasteiger charge is 2.15. The summed E-state index contributed by atoms with van der Waals surface area (Å²) in [5.41, 5.74) is 10.6. The highest BCUT2D eigenvalue weighted by Crippen LogP contribution is 2.35. The van der Waals surface area contributed by atoms with Crippen molar-refractivity contribution in [1.29, 1.82) is 0 Å². The lowest BCUT2D eigenvalue weighted by molar-refractivity contribution is 0.475. The predicted molar refractivity (Wildman–Crippen MR) is 124 cm³/mol. The van der Waals surface area contributed by atoms with Gasteiger partial charge in [0.25, 0.3) is 5.56 Å². The molecule has 0 aliphatic heterocycles. The first-order valence-electron chi connectivity index (χ1n) is 10.3. The van der Waals surface area contributed by atoms with Crippen molar-refractivity contribution in [3.8, 4) is 28.0 Å². The zero-order chi connectivity index (χ0) is 21.4. The number of aromatic hydroxyl groups is 1. The summed E-state index contributed by atoms with van der Waals surface area (Å²) in [5, 5.41) is 20.1. The summed E-state index contributed by atoms with van der Waals surface area (Å²) in [5.74, 6) is 0.205. The molecule has 0 atom stereocenters. The van der Waals surface area contributed by atoms with Crippen molar-refractivity contribution in [3.63, 3.8) is 0 Å². The fourth-order valence-electron chi connectivity index (χ4n) is 4.21. The van der Waals surface area contributed by atoms with Crippen LogP contribution >= 0.6 is 0 Å². The van der Waals surface area contributed by atoms with E-state index < -0.39 is 0 Å². The maximum absolute atomic E-state index is 13.0. The molecule has 5 aromatic rings. The molecule has 2 heterocycles. The SMILES string of the molecule is NCCCc1cc2c(-c3ccc(O)cc3)c[nH]c(=O)c2c2cc(-c3cn[nH]c3)ccc12. The number of aromatic nitrogens is 3. The Bertz CT molecular complexity index is 1440. The molecule has 0 spiro atoms. The average Bonchev–Trinajstić information content (AvgIpc) is 3.33. The Morgan fingerprint density at radius 1 is 0.903 bits per heavy atom. The molecule has 0 aliphatic rings. The second-order valence-corrected chi connectivity index (χ2v) is 7.68. The summed E-state index contributed by atoms with van der Waals surface area (Å²) in [4.78, 5) is 15.9. The molecule has 6 nitrogen and oxygen atoms in total. The first kappa shape index (κ1) is 19.1. The standard InChI is InChI=1S/C25H22N4O2/c26-9-1-2-17-11-22-23(15-3-6-19(30)7-4-15)14-27-25(31)24(22)21-10-16(5-8-20(17)21)18-12-28-29-13-18/h3-8,10-14,30H,1-2,9,26H2,(H,27,31)(H,28,29). The molecule has 0 radical (unpaired) electrons. The van der Waals surface area contributed by atoms with Gasteiger partial charge in [0.05, 0.1) is 11.6 Å². The van der Waals surface area contributed by atoms with Crippen LogP contribution in [0.1, 0.15) is 12.0 Å². The zero-order valence-corrected chi connectivity index (χ0v) is 16.9. The van der Waals surface area contributed by atoms with Crippen LogP contribution < -0.4 is 11.3 Å². The number of fused-ring (bicyclic) bond motifs is 3. The number of pyridine rings is 1. The average molecular weight is 410 g/mol. The lowest BCUT2D eigenvalue weighted by Crippen LogP contribution is -2.08. The number of nitrogens with one attached hydrogen (secondary N) is 2. The molecule has 0 fully saturated rings. The smallest absolute Gasteiger partial charge is 0.256 e. The number of nitrogens with two attached hydrogens (primary N) is 1. The Kier molecular flexibility index (Phi) is 4.76. The Balaban J connectivity index is 1.86. The summed E-state index contributed by atoms with van der Waals surface area (Å²) < 4.78 is 0. The van der Waals surface area contributed by atoms with E-state index in [0.29, 0.717) is 11.9 Å². The molecule has 3 aromatic carbocycles. The van der Waals surface area contributed by atoms with Crippen LogP contribution in [0.25, 0.3) is 43.8 Å². The van der Waals surface area contributed by atoms with Gasteiger partial charge in [-0.25, -0.2) is 0 Å². The van der Waals surface area contributed by atoms with Gasteiger partial charge in [-0.2, -0.15) is 5.10 Å². The summed E-state index contributed by atoms with van der Waals surface area (Å²) >= 11 is 0. The first-order chi connectivity index (χ1) is 15.2. The van der Waals surface area contributed by atoms with E-state index in [9.17, 15) is 9.90 Å². The summed E-state index contributed by atoms with van der Waals surface area (Å²) in [6.07, 6.45) is 7.05. The van der Waals surface area contributed by atoms with Crippen molar-refractivity contribution in [2.24, 2.45) is 5.73 Å². The summed E-state index contributed by atoms with van der Waals surface area (Å²) in [7, 11) is 0. The number of H-pyrrole nitrogens is 2. The zero-order valence-electron chi connectivity index (χ0n) is 16.9. The minimum Gasteiger partial charge on any atom is -0.508 e. The van der Waals surface area contributed by atoms with Gasteiger partial charge in [0.1, 0.15) is 5.75 Å². The number of aryl methyl sites for hydroxylation is 1. The van der Waals surface area contributed by atoms with Crippen molar-refractivity contribution in [2.45, 2.75) is 12.8 Å². The van der Waals surface area contributed by atoms with Gasteiger partial charge in [0.15, 0.2) is 0 Å². The normalized spacial score (nSPS) is 11.4. The maximum Gasteiger partial charge on any atom is 0.256 e. The Hall–Kier alpha value is -3.90. The number of aromatic amines is 2. The van der Waals surface area contributed by atoms with Crippen molar-refractivity contribution in [3.05, 3.63) is 83.0 Å². The minimum absolute atomic E-state index is 0.128. The number of rotatable bonds is 5. The first-order valence-corrected chi connectivity index (χ1v) is 10.3. The van der Waals surface area contributed by atoms with Gasteiger partial charge >= 0.3 is 0 Å². The number of phenolic OH excluding ortho intramolecular Hbond substituents is 1. The number of nitrogens with zero attached hydrogens (tertiary/aromatic N) is 1. The van der Waals surface area contributed by atoms with Gasteiger partial charge in [-0.15, -0.1) is 0 Å². The minimum atomic E-state index is -0.128. The molecule has 0 bridgehead atoms. The van der Waals surface area contributed by atoms with E-state index in [1.54, 1.807) is 24.5 Å². The van der Waals surface area contributed by atoms with Crippen molar-refractivity contribution < 1.29 is 5.11 Å². The van der Waals surface area contributed by atoms with Crippen molar-refractivity contribution in [1.82, 2.24) is 15.2 Å². The maximum atomic E-state index is 13.0. The number of benzene rings is 3. The van der Waals surface area contributed by atoms with Gasteiger partial charge in [0.2, 0.25) is 0 Å². The molecule has 6 heteroatoms. The molecule has 0 saturated heterocycles. The quantitative estimate of drug-likeness (QED) is 0.323. The van der Waals surface area contributed by atoms with Gasteiger partial charge < -0.3 is 15.8 Å². The molecular weight excluding hydrogens is 388 g/mol. The lowest BCUT2D eigenvalue weighted by atomic mass is 9.90. The van der Waals surface area contributed by atoms with Crippen molar-refractivity contribution >= 4 is 21.5 Å². The van der Waals surface area contributed by atoms with Gasteiger partial charge in [-0.05, 0) is 76.5 Å². The Morgan fingerprint density at radius 2 is 1.71 bits per heavy atom. The second kappa shape index (κ2) is 7.74. The van der Waals surface area contributed by atoms with Crippen LogP contribution in [0.2, 0.25) is 0 Å². The van der Waals surface area contributed by atoms with Gasteiger partial charge in [-0.3, -0.25) is 9.89 Å². The molecule has 0 amide bonds. The molecule has 0 aliphatic carbocycles. The molecular formula is C25H22N4O2. The molecule has 0 unspecified atom stereocenters. The monoisotopic (exact) mass is 410 g/mol. The Morgan fingerprint density at radius 3 is 2.45 bits per heavy atom. The van der Waals surface area contributed by atoms with Crippen LogP contribution in [0.5, 0.6) is 5.75 Å². The molecule has 31 heavy (non-hydrogen) atoms. The van der Waals surface area contributed by atoms with Crippen LogP contribution in [-0.2, 0) is 6.42 Å². The third kappa shape index (κ3) is 3.37. The molecule has 5 N–H and O–H groups in total. The summed E-state index contributed by atoms with van der Waals surface area (Å²) in [6.45, 7) is 0.604. The van der Waals surface area contributed by atoms with E-state index in [0.717, 1.165) is 56.8 Å². The lowest BCUT2D eigenvalue weighted by Gasteiger charge is -2.14. The van der Waals surface area contributed by atoms with Crippen LogP contribution in [-0.4, -0.2) is 26.8 Å². The van der Waals surface area contributed by atoms with Crippen molar-refractivity contribution in [2.75, 3.05) is 6.54 Å². The van der Waals surface area contributed by atoms with Crippen LogP contribution in [0.15, 0.2) is 71.9 Å². The van der Waals surface area contributed by atoms with Gasteiger partial charge in [-0.1, -0.05) is 24.3 Å². The highest BCUT2D eigenvalue weighted by atomic mass is 16.3. The number of hydrogen-bond acceptors (Lipinski definition) is 4. The fraction of sp³-hybridized carbons (Fsp3) is 0.120. The third-order valence-corrected chi connectivity index (χ3v) is 5.75. The van der Waals surface area contributed by atoms with Crippen LogP contribution in [0, 0.1) is 0 Å². The molecule has 154 valence electrons. The number of hydrogen-bond donors (Lipinski definition) is 4. The van der Waals surface area contributed by atoms with E-state index >= 15 is 0 Å².